The smallest absolute Gasteiger partial charge is 0.341 e. The van der Waals surface area contributed by atoms with Gasteiger partial charge in [-0.3, -0.25) is 0 Å². The van der Waals surface area contributed by atoms with Crippen LogP contribution in [0.5, 0.6) is 0 Å². The van der Waals surface area contributed by atoms with Gasteiger partial charge in [0.2, 0.25) is 0 Å². The molecule has 4 nitrogen and oxygen atoms in total. The zero-order chi connectivity index (χ0) is 22.0. The van der Waals surface area contributed by atoms with E-state index in [2.05, 4.69) is 12.2 Å². The lowest BCUT2D eigenvalue weighted by Gasteiger charge is -2.60. The molecule has 0 aromatic rings. The van der Waals surface area contributed by atoms with Gasteiger partial charge in [0.25, 0.3) is 0 Å². The Kier molecular flexibility index (Phi) is 4.11. The van der Waals surface area contributed by atoms with Gasteiger partial charge in [-0.25, -0.2) is 4.79 Å². The van der Waals surface area contributed by atoms with Crippen LogP contribution in [0.1, 0.15) is 83.5 Å². The number of methoxy groups -OCH3 is 1. The predicted octanol–water partition coefficient (Wildman–Crippen LogP) is 5.44. The van der Waals surface area contributed by atoms with E-state index in [9.17, 15) is 4.79 Å². The number of fused-ring (bicyclic) bond motifs is 2. The van der Waals surface area contributed by atoms with Crippen LogP contribution in [0.4, 0.5) is 0 Å². The van der Waals surface area contributed by atoms with Crippen LogP contribution in [0.2, 0.25) is 0 Å². The van der Waals surface area contributed by atoms with Crippen LogP contribution in [0, 0.1) is 47.3 Å². The average Bonchev–Trinajstić information content (AvgIpc) is 3.33. The molecule has 9 fully saturated rings. The lowest BCUT2D eigenvalue weighted by atomic mass is 9.54. The van der Waals surface area contributed by atoms with Gasteiger partial charge in [0.1, 0.15) is 6.10 Å². The van der Waals surface area contributed by atoms with Crippen molar-refractivity contribution >= 4 is 5.97 Å². The molecule has 0 saturated heterocycles. The van der Waals surface area contributed by atoms with Crippen LogP contribution in [0.3, 0.4) is 0 Å². The maximum absolute atomic E-state index is 13.8. The summed E-state index contributed by atoms with van der Waals surface area (Å²) in [4.78, 5) is 13.8. The van der Waals surface area contributed by atoms with Crippen molar-refractivity contribution in [3.63, 3.8) is 0 Å². The Morgan fingerprint density at radius 3 is 1.67 bits per heavy atom. The minimum atomic E-state index is -0.941. The molecule has 0 heterocycles. The summed E-state index contributed by atoms with van der Waals surface area (Å²) in [6.45, 7) is 0. The van der Waals surface area contributed by atoms with Crippen molar-refractivity contribution in [1.29, 1.82) is 0 Å². The van der Waals surface area contributed by atoms with Crippen molar-refractivity contribution < 1.29 is 19.0 Å². The molecule has 0 aliphatic heterocycles. The second-order valence-electron chi connectivity index (χ2n) is 14.0. The molecular weight excluding hydrogens is 412 g/mol. The highest BCUT2D eigenvalue weighted by Gasteiger charge is 2.69. The van der Waals surface area contributed by atoms with E-state index in [4.69, 9.17) is 14.2 Å². The number of rotatable bonds is 5. The average molecular weight is 453 g/mol. The third-order valence-electron chi connectivity index (χ3n) is 11.7. The normalized spacial score (nSPS) is 59.0. The molecule has 33 heavy (non-hydrogen) atoms. The topological polar surface area (TPSA) is 44.8 Å². The zero-order valence-electron chi connectivity index (χ0n) is 20.2. The molecule has 10 aliphatic rings. The van der Waals surface area contributed by atoms with Crippen LogP contribution >= 0.6 is 0 Å². The maximum Gasteiger partial charge on any atom is 0.341 e. The number of hydrogen-bond acceptors (Lipinski definition) is 4. The molecule has 0 aromatic heterocycles. The molecule has 180 valence electrons. The summed E-state index contributed by atoms with van der Waals surface area (Å²) >= 11 is 0. The molecule has 4 heteroatoms. The molecule has 9 saturated carbocycles. The molecule has 10 aliphatic carbocycles. The number of hydrogen-bond donors (Lipinski definition) is 0. The summed E-state index contributed by atoms with van der Waals surface area (Å²) in [7, 11) is 1.56. The van der Waals surface area contributed by atoms with Gasteiger partial charge in [0, 0.05) is 11.8 Å². The molecule has 10 bridgehead atoms. The van der Waals surface area contributed by atoms with E-state index in [0.717, 1.165) is 61.2 Å². The number of carbonyl (C=O) groups is 1. The second-order valence-corrected chi connectivity index (χ2v) is 14.0. The second kappa shape index (κ2) is 6.66. The van der Waals surface area contributed by atoms with Crippen LogP contribution in [0.25, 0.3) is 0 Å². The van der Waals surface area contributed by atoms with E-state index in [0.29, 0.717) is 0 Å². The fraction of sp³-hybridized carbons (Fsp3) is 0.897. The van der Waals surface area contributed by atoms with Gasteiger partial charge in [-0.05, 0) is 119 Å². The summed E-state index contributed by atoms with van der Waals surface area (Å²) in [5.74, 6) is 5.11. The van der Waals surface area contributed by atoms with Crippen molar-refractivity contribution in [3.8, 4) is 0 Å². The predicted molar refractivity (Wildman–Crippen MR) is 123 cm³/mol. The molecule has 0 amide bonds. The summed E-state index contributed by atoms with van der Waals surface area (Å²) in [5.41, 5.74) is -1.10. The third kappa shape index (κ3) is 2.80. The first-order valence-electron chi connectivity index (χ1n) is 14.1. The number of carbonyl (C=O) groups excluding carboxylic acids is 1. The fourth-order valence-corrected chi connectivity index (χ4v) is 11.5. The van der Waals surface area contributed by atoms with Crippen molar-refractivity contribution in [1.82, 2.24) is 0 Å². The molecule has 0 radical (unpaired) electrons. The largest absolute Gasteiger partial charge is 0.467 e. The van der Waals surface area contributed by atoms with E-state index < -0.39 is 5.60 Å². The Labute approximate surface area is 198 Å². The number of esters is 1. The van der Waals surface area contributed by atoms with E-state index in [1.165, 1.54) is 57.8 Å². The quantitative estimate of drug-likeness (QED) is 0.411. The van der Waals surface area contributed by atoms with Crippen LogP contribution in [-0.4, -0.2) is 36.0 Å². The third-order valence-corrected chi connectivity index (χ3v) is 11.7. The Balaban J connectivity index is 1.16. The maximum atomic E-state index is 13.8. The summed E-state index contributed by atoms with van der Waals surface area (Å²) in [5, 5.41) is 0. The molecule has 4 atom stereocenters. The van der Waals surface area contributed by atoms with Gasteiger partial charge in [0.05, 0.1) is 18.3 Å². The van der Waals surface area contributed by atoms with Crippen molar-refractivity contribution in [2.75, 3.05) is 7.11 Å². The highest BCUT2D eigenvalue weighted by Crippen LogP contribution is 2.63. The Bertz CT molecular complexity index is 819. The lowest BCUT2D eigenvalue weighted by molar-refractivity contribution is -0.287. The molecule has 10 rings (SSSR count). The summed E-state index contributed by atoms with van der Waals surface area (Å²) in [6, 6.07) is 0. The zero-order valence-corrected chi connectivity index (χ0v) is 20.2. The first-order chi connectivity index (χ1) is 16.0. The van der Waals surface area contributed by atoms with Gasteiger partial charge < -0.3 is 14.2 Å². The van der Waals surface area contributed by atoms with E-state index in [1.54, 1.807) is 7.11 Å². The number of ether oxygens (including phenoxy) is 3. The molecule has 0 N–H and O–H groups in total. The minimum absolute atomic E-state index is 0.0260. The molecule has 4 unspecified atom stereocenters. The van der Waals surface area contributed by atoms with Crippen molar-refractivity contribution in [2.24, 2.45) is 47.3 Å². The molecule has 0 spiro atoms. The first-order valence-corrected chi connectivity index (χ1v) is 14.1. The van der Waals surface area contributed by atoms with Gasteiger partial charge in [-0.2, -0.15) is 0 Å². The highest BCUT2D eigenvalue weighted by atomic mass is 16.6. The van der Waals surface area contributed by atoms with Gasteiger partial charge in [0.15, 0.2) is 5.60 Å². The lowest BCUT2D eigenvalue weighted by Crippen LogP contribution is -2.65. The van der Waals surface area contributed by atoms with Crippen LogP contribution in [0.15, 0.2) is 12.2 Å². The Morgan fingerprint density at radius 1 is 0.697 bits per heavy atom. The Hall–Kier alpha value is -0.870. The van der Waals surface area contributed by atoms with Crippen LogP contribution < -0.4 is 0 Å². The van der Waals surface area contributed by atoms with E-state index >= 15 is 0 Å². The van der Waals surface area contributed by atoms with Gasteiger partial charge in [-0.15, -0.1) is 0 Å². The van der Waals surface area contributed by atoms with E-state index in [-0.39, 0.29) is 35.1 Å². The molecular formula is C29H40O4. The van der Waals surface area contributed by atoms with Crippen LogP contribution in [-0.2, 0) is 19.0 Å². The first kappa shape index (κ1) is 20.3. The fourth-order valence-electron chi connectivity index (χ4n) is 11.5. The Morgan fingerprint density at radius 2 is 1.18 bits per heavy atom. The van der Waals surface area contributed by atoms with E-state index in [1.807, 2.05) is 0 Å². The summed E-state index contributed by atoms with van der Waals surface area (Å²) < 4.78 is 20.3. The minimum Gasteiger partial charge on any atom is -0.467 e. The highest BCUT2D eigenvalue weighted by molar-refractivity contribution is 5.83. The summed E-state index contributed by atoms with van der Waals surface area (Å²) in [6.07, 6.45) is 20.8. The monoisotopic (exact) mass is 452 g/mol. The molecule has 0 aromatic carbocycles. The SMILES string of the molecule is COC(=O)C1(OC23CC4CC(CC(C4)C2)C3)C2C=CC(C2)C1OC12CC3CC(CC(C3)C1)C2. The van der Waals surface area contributed by atoms with Gasteiger partial charge >= 0.3 is 5.97 Å². The van der Waals surface area contributed by atoms with Crippen molar-refractivity contribution in [2.45, 2.75) is 106 Å². The standard InChI is InChI=1S/C29H40O4/c1-31-26(30)29(33-28-14-20-7-21(15-28)9-22(8-20)16-28)24-3-2-23(10-24)25(29)32-27-11-17-4-18(12-27)6-19(5-17)13-27/h2-3,17-25H,4-16H2,1H3. The van der Waals surface area contributed by atoms with Crippen molar-refractivity contribution in [3.05, 3.63) is 12.2 Å². The van der Waals surface area contributed by atoms with Gasteiger partial charge in [-0.1, -0.05) is 12.2 Å².